The number of ether oxygens (including phenoxy) is 1. The molecule has 24 heavy (non-hydrogen) atoms. The van der Waals surface area contributed by atoms with E-state index in [4.69, 9.17) is 10.5 Å². The van der Waals surface area contributed by atoms with Gasteiger partial charge in [-0.3, -0.25) is 4.79 Å². The van der Waals surface area contributed by atoms with Gasteiger partial charge in [0.25, 0.3) is 5.91 Å². The van der Waals surface area contributed by atoms with Crippen molar-refractivity contribution >= 4 is 23.3 Å². The zero-order valence-electron chi connectivity index (χ0n) is 13.6. The highest BCUT2D eigenvalue weighted by atomic mass is 16.5. The van der Waals surface area contributed by atoms with Crippen molar-refractivity contribution in [1.29, 1.82) is 0 Å². The zero-order chi connectivity index (χ0) is 17.1. The van der Waals surface area contributed by atoms with E-state index in [0.29, 0.717) is 17.8 Å². The standard InChI is InChI=1S/C19H20N2O3/c1-13-8-9-15(11-16(13)20)19(23)24-12-18(22)21-10-4-6-14-5-2-3-7-17(14)21/h2-3,5,7-9,11H,4,6,10,12,20H2,1H3. The molecule has 0 saturated heterocycles. The minimum atomic E-state index is -0.541. The van der Waals surface area contributed by atoms with Gasteiger partial charge in [-0.05, 0) is 49.1 Å². The summed E-state index contributed by atoms with van der Waals surface area (Å²) in [7, 11) is 0. The average Bonchev–Trinajstić information content (AvgIpc) is 2.61. The Balaban J connectivity index is 1.66. The second kappa shape index (κ2) is 6.74. The Bertz CT molecular complexity index is 786. The summed E-state index contributed by atoms with van der Waals surface area (Å²) in [4.78, 5) is 26.2. The Morgan fingerprint density at radius 3 is 2.79 bits per heavy atom. The average molecular weight is 324 g/mol. The molecule has 1 amide bonds. The number of benzene rings is 2. The molecule has 0 atom stereocenters. The van der Waals surface area contributed by atoms with Crippen molar-refractivity contribution in [2.75, 3.05) is 23.8 Å². The molecule has 0 unspecified atom stereocenters. The van der Waals surface area contributed by atoms with Crippen LogP contribution in [0.4, 0.5) is 11.4 Å². The summed E-state index contributed by atoms with van der Waals surface area (Å²) in [5, 5.41) is 0. The smallest absolute Gasteiger partial charge is 0.338 e. The van der Waals surface area contributed by atoms with Crippen LogP contribution in [0, 0.1) is 6.92 Å². The molecule has 5 nitrogen and oxygen atoms in total. The molecule has 0 aliphatic carbocycles. The summed E-state index contributed by atoms with van der Waals surface area (Å²) in [5.41, 5.74) is 9.63. The summed E-state index contributed by atoms with van der Waals surface area (Å²) in [6, 6.07) is 12.8. The Morgan fingerprint density at radius 2 is 2.00 bits per heavy atom. The van der Waals surface area contributed by atoms with Crippen LogP contribution in [-0.2, 0) is 16.0 Å². The lowest BCUT2D eigenvalue weighted by Crippen LogP contribution is -2.38. The molecule has 0 fully saturated rings. The Hall–Kier alpha value is -2.82. The largest absolute Gasteiger partial charge is 0.452 e. The Labute approximate surface area is 141 Å². The van der Waals surface area contributed by atoms with Gasteiger partial charge >= 0.3 is 5.97 Å². The normalized spacial score (nSPS) is 13.3. The number of anilines is 2. The fourth-order valence-corrected chi connectivity index (χ4v) is 2.85. The van der Waals surface area contributed by atoms with Gasteiger partial charge in [0, 0.05) is 17.9 Å². The monoisotopic (exact) mass is 324 g/mol. The van der Waals surface area contributed by atoms with E-state index in [1.807, 2.05) is 31.2 Å². The van der Waals surface area contributed by atoms with E-state index in [1.165, 1.54) is 0 Å². The Kier molecular flexibility index (Phi) is 4.51. The van der Waals surface area contributed by atoms with Crippen LogP contribution in [0.15, 0.2) is 42.5 Å². The van der Waals surface area contributed by atoms with Gasteiger partial charge in [0.05, 0.1) is 5.56 Å². The number of aryl methyl sites for hydroxylation is 2. The van der Waals surface area contributed by atoms with Crippen molar-refractivity contribution in [1.82, 2.24) is 0 Å². The summed E-state index contributed by atoms with van der Waals surface area (Å²) < 4.78 is 5.17. The lowest BCUT2D eigenvalue weighted by Gasteiger charge is -2.29. The molecule has 1 aliphatic heterocycles. The number of rotatable bonds is 3. The third-order valence-electron chi connectivity index (χ3n) is 4.25. The van der Waals surface area contributed by atoms with Crippen molar-refractivity contribution < 1.29 is 14.3 Å². The van der Waals surface area contributed by atoms with Gasteiger partial charge in [-0.25, -0.2) is 4.79 Å². The molecule has 2 aromatic rings. The van der Waals surface area contributed by atoms with Crippen LogP contribution >= 0.6 is 0 Å². The van der Waals surface area contributed by atoms with Crippen LogP contribution in [0.1, 0.15) is 27.9 Å². The van der Waals surface area contributed by atoms with Crippen LogP contribution in [-0.4, -0.2) is 25.0 Å². The number of fused-ring (bicyclic) bond motifs is 1. The maximum absolute atomic E-state index is 12.4. The van der Waals surface area contributed by atoms with E-state index in [1.54, 1.807) is 23.1 Å². The molecule has 0 spiro atoms. The van der Waals surface area contributed by atoms with Gasteiger partial charge in [0.2, 0.25) is 0 Å². The number of nitrogens with two attached hydrogens (primary N) is 1. The first-order valence-electron chi connectivity index (χ1n) is 7.98. The minimum Gasteiger partial charge on any atom is -0.452 e. The van der Waals surface area contributed by atoms with Gasteiger partial charge in [-0.1, -0.05) is 24.3 Å². The molecule has 3 rings (SSSR count). The quantitative estimate of drug-likeness (QED) is 0.696. The molecule has 0 radical (unpaired) electrons. The molecule has 2 aromatic carbocycles. The van der Waals surface area contributed by atoms with E-state index in [9.17, 15) is 9.59 Å². The molecule has 0 saturated carbocycles. The SMILES string of the molecule is Cc1ccc(C(=O)OCC(=O)N2CCCc3ccccc32)cc1N. The van der Waals surface area contributed by atoms with Crippen molar-refractivity contribution in [2.24, 2.45) is 0 Å². The van der Waals surface area contributed by atoms with Crippen molar-refractivity contribution in [3.05, 3.63) is 59.2 Å². The van der Waals surface area contributed by atoms with Crippen molar-refractivity contribution in [2.45, 2.75) is 19.8 Å². The summed E-state index contributed by atoms with van der Waals surface area (Å²) in [6.07, 6.45) is 1.87. The van der Waals surface area contributed by atoms with Crippen LogP contribution in [0.2, 0.25) is 0 Å². The van der Waals surface area contributed by atoms with E-state index in [0.717, 1.165) is 29.7 Å². The lowest BCUT2D eigenvalue weighted by atomic mass is 10.0. The molecule has 1 heterocycles. The first kappa shape index (κ1) is 16.1. The van der Waals surface area contributed by atoms with Gasteiger partial charge in [0.1, 0.15) is 0 Å². The second-order valence-electron chi connectivity index (χ2n) is 5.93. The van der Waals surface area contributed by atoms with Crippen molar-refractivity contribution in [3.8, 4) is 0 Å². The third-order valence-corrected chi connectivity index (χ3v) is 4.25. The summed E-state index contributed by atoms with van der Waals surface area (Å²) >= 11 is 0. The molecule has 124 valence electrons. The third kappa shape index (κ3) is 3.25. The number of para-hydroxylation sites is 1. The fourth-order valence-electron chi connectivity index (χ4n) is 2.85. The van der Waals surface area contributed by atoms with Crippen LogP contribution in [0.3, 0.4) is 0 Å². The van der Waals surface area contributed by atoms with Crippen molar-refractivity contribution in [3.63, 3.8) is 0 Å². The number of amides is 1. The van der Waals surface area contributed by atoms with E-state index < -0.39 is 5.97 Å². The van der Waals surface area contributed by atoms with E-state index in [-0.39, 0.29) is 12.5 Å². The molecule has 0 aromatic heterocycles. The maximum Gasteiger partial charge on any atom is 0.338 e. The first-order chi connectivity index (χ1) is 11.6. The fraction of sp³-hybridized carbons (Fsp3) is 0.263. The van der Waals surface area contributed by atoms with Crippen LogP contribution in [0.25, 0.3) is 0 Å². The van der Waals surface area contributed by atoms with Gasteiger partial charge in [-0.2, -0.15) is 0 Å². The summed E-state index contributed by atoms with van der Waals surface area (Å²) in [6.45, 7) is 2.23. The molecule has 1 aliphatic rings. The molecular weight excluding hydrogens is 304 g/mol. The predicted molar refractivity (Wildman–Crippen MR) is 93.0 cm³/mol. The van der Waals surface area contributed by atoms with Gasteiger partial charge in [0.15, 0.2) is 6.61 Å². The first-order valence-corrected chi connectivity index (χ1v) is 7.98. The number of carbonyl (C=O) groups is 2. The van der Waals surface area contributed by atoms with Crippen LogP contribution in [0.5, 0.6) is 0 Å². The Morgan fingerprint density at radius 1 is 1.21 bits per heavy atom. The number of hydrogen-bond donors (Lipinski definition) is 1. The minimum absolute atomic E-state index is 0.212. The summed E-state index contributed by atoms with van der Waals surface area (Å²) in [5.74, 6) is -0.754. The molecular formula is C19H20N2O3. The second-order valence-corrected chi connectivity index (χ2v) is 5.93. The van der Waals surface area contributed by atoms with Gasteiger partial charge < -0.3 is 15.4 Å². The number of esters is 1. The number of hydrogen-bond acceptors (Lipinski definition) is 4. The zero-order valence-corrected chi connectivity index (χ0v) is 13.6. The number of nitrogens with zero attached hydrogens (tertiary/aromatic N) is 1. The van der Waals surface area contributed by atoms with Crippen LogP contribution < -0.4 is 10.6 Å². The molecule has 0 bridgehead atoms. The topological polar surface area (TPSA) is 72.6 Å². The number of nitrogen functional groups attached to an aromatic ring is 1. The highest BCUT2D eigenvalue weighted by Gasteiger charge is 2.23. The highest BCUT2D eigenvalue weighted by molar-refractivity contribution is 5.98. The molecule has 2 N–H and O–H groups in total. The van der Waals surface area contributed by atoms with E-state index >= 15 is 0 Å². The number of carbonyl (C=O) groups excluding carboxylic acids is 2. The lowest BCUT2D eigenvalue weighted by molar-refractivity contribution is -0.121. The van der Waals surface area contributed by atoms with Gasteiger partial charge in [-0.15, -0.1) is 0 Å². The van der Waals surface area contributed by atoms with E-state index in [2.05, 4.69) is 0 Å². The maximum atomic E-state index is 12.4. The molecule has 5 heteroatoms. The highest BCUT2D eigenvalue weighted by Crippen LogP contribution is 2.26. The predicted octanol–water partition coefficient (Wildman–Crippen LogP) is 2.71.